The molecule has 7 nitrogen and oxygen atoms in total. The molecule has 0 aliphatic carbocycles. The number of aromatic nitrogens is 3. The number of aryl methyl sites for hydroxylation is 2. The molecule has 1 heterocycles. The average Bonchev–Trinajstić information content (AvgIpc) is 3.13. The maximum absolute atomic E-state index is 12.5. The van der Waals surface area contributed by atoms with Gasteiger partial charge in [-0.3, -0.25) is 14.7 Å². The van der Waals surface area contributed by atoms with Crippen molar-refractivity contribution >= 4 is 29.3 Å². The largest absolute Gasteiger partial charge is 0.341 e. The van der Waals surface area contributed by atoms with Crippen LogP contribution in [0.25, 0.3) is 0 Å². The number of thioether (sulfide) groups is 1. The fraction of sp³-hybridized carbons (Fsp3) is 0.238. The van der Waals surface area contributed by atoms with Crippen LogP contribution in [0, 0.1) is 13.8 Å². The van der Waals surface area contributed by atoms with E-state index in [0.717, 1.165) is 16.8 Å². The first kappa shape index (κ1) is 20.6. The smallest absolute Gasteiger partial charge is 0.234 e. The summed E-state index contributed by atoms with van der Waals surface area (Å²) in [4.78, 5) is 28.9. The fourth-order valence-electron chi connectivity index (χ4n) is 2.79. The predicted octanol–water partition coefficient (Wildman–Crippen LogP) is 3.00. The molecule has 0 saturated heterocycles. The number of carbonyl (C=O) groups excluding carboxylic acids is 2. The summed E-state index contributed by atoms with van der Waals surface area (Å²) in [5, 5.41) is 12.8. The van der Waals surface area contributed by atoms with Crippen molar-refractivity contribution in [3.8, 4) is 0 Å². The van der Waals surface area contributed by atoms with Gasteiger partial charge in [0.05, 0.1) is 11.5 Å². The van der Waals surface area contributed by atoms with Crippen LogP contribution in [-0.4, -0.2) is 38.5 Å². The minimum absolute atomic E-state index is 0.141. The molecular weight excluding hydrogens is 386 g/mol. The standard InChI is InChI=1S/C21H23N5O2S/c1-14-7-6-10-17(11-14)23-18(27)12-29-13-19(28)24-20(16-8-4-3-5-9-16)21-22-15(2)25-26-21/h3-11,20H,12-13H2,1-2H3,(H,23,27)(H,24,28)(H,22,25,26). The third kappa shape index (κ3) is 6.18. The first-order valence-electron chi connectivity index (χ1n) is 9.19. The second-order valence-electron chi connectivity index (χ2n) is 6.60. The van der Waals surface area contributed by atoms with Gasteiger partial charge in [0.1, 0.15) is 11.9 Å². The van der Waals surface area contributed by atoms with Crippen molar-refractivity contribution in [1.82, 2.24) is 20.5 Å². The summed E-state index contributed by atoms with van der Waals surface area (Å²) in [7, 11) is 0. The molecule has 0 bridgehead atoms. The maximum atomic E-state index is 12.5. The second-order valence-corrected chi connectivity index (χ2v) is 7.59. The van der Waals surface area contributed by atoms with Crippen LogP contribution < -0.4 is 10.6 Å². The highest BCUT2D eigenvalue weighted by Crippen LogP contribution is 2.19. The SMILES string of the molecule is Cc1cccc(NC(=O)CSCC(=O)NC(c2ccccc2)c2n[nH]c(C)n2)c1. The van der Waals surface area contributed by atoms with Crippen molar-refractivity contribution in [3.05, 3.63) is 77.4 Å². The quantitative estimate of drug-likeness (QED) is 0.531. The first-order valence-corrected chi connectivity index (χ1v) is 10.3. The van der Waals surface area contributed by atoms with Crippen LogP contribution in [-0.2, 0) is 9.59 Å². The van der Waals surface area contributed by atoms with Gasteiger partial charge in [-0.2, -0.15) is 5.10 Å². The third-order valence-corrected chi connectivity index (χ3v) is 5.01. The lowest BCUT2D eigenvalue weighted by molar-refractivity contribution is -0.119. The van der Waals surface area contributed by atoms with E-state index in [-0.39, 0.29) is 23.3 Å². The van der Waals surface area contributed by atoms with E-state index in [1.165, 1.54) is 11.8 Å². The second kappa shape index (κ2) is 9.88. The van der Waals surface area contributed by atoms with Crippen LogP contribution in [0.2, 0.25) is 0 Å². The Morgan fingerprint density at radius 3 is 2.48 bits per heavy atom. The Morgan fingerprint density at radius 1 is 1.03 bits per heavy atom. The van der Waals surface area contributed by atoms with E-state index in [9.17, 15) is 9.59 Å². The van der Waals surface area contributed by atoms with Gasteiger partial charge in [0.25, 0.3) is 0 Å². The number of H-pyrrole nitrogens is 1. The number of amides is 2. The number of nitrogens with one attached hydrogen (secondary N) is 3. The van der Waals surface area contributed by atoms with Crippen molar-refractivity contribution < 1.29 is 9.59 Å². The summed E-state index contributed by atoms with van der Waals surface area (Å²) in [6.45, 7) is 3.77. The van der Waals surface area contributed by atoms with E-state index < -0.39 is 6.04 Å². The van der Waals surface area contributed by atoms with Gasteiger partial charge in [-0.15, -0.1) is 11.8 Å². The molecule has 2 amide bonds. The molecule has 0 saturated carbocycles. The zero-order valence-corrected chi connectivity index (χ0v) is 17.1. The molecule has 0 aliphatic heterocycles. The van der Waals surface area contributed by atoms with Gasteiger partial charge in [0.2, 0.25) is 11.8 Å². The monoisotopic (exact) mass is 409 g/mol. The highest BCUT2D eigenvalue weighted by molar-refractivity contribution is 8.00. The van der Waals surface area contributed by atoms with Crippen molar-refractivity contribution in [2.75, 3.05) is 16.8 Å². The summed E-state index contributed by atoms with van der Waals surface area (Å²) >= 11 is 1.26. The molecule has 0 aliphatic rings. The molecule has 0 spiro atoms. The Balaban J connectivity index is 1.53. The topological polar surface area (TPSA) is 99.8 Å². The van der Waals surface area contributed by atoms with Crippen molar-refractivity contribution in [2.45, 2.75) is 19.9 Å². The predicted molar refractivity (Wildman–Crippen MR) is 115 cm³/mol. The van der Waals surface area contributed by atoms with Gasteiger partial charge in [-0.05, 0) is 37.1 Å². The molecule has 150 valence electrons. The molecule has 3 N–H and O–H groups in total. The molecule has 3 rings (SSSR count). The van der Waals surface area contributed by atoms with Gasteiger partial charge in [-0.25, -0.2) is 4.98 Å². The molecule has 1 unspecified atom stereocenters. The Kier molecular flexibility index (Phi) is 7.02. The van der Waals surface area contributed by atoms with Crippen LogP contribution in [0.4, 0.5) is 5.69 Å². The van der Waals surface area contributed by atoms with Crippen molar-refractivity contribution in [3.63, 3.8) is 0 Å². The van der Waals surface area contributed by atoms with E-state index in [0.29, 0.717) is 11.6 Å². The molecule has 2 aromatic carbocycles. The molecule has 29 heavy (non-hydrogen) atoms. The summed E-state index contributed by atoms with van der Waals surface area (Å²) < 4.78 is 0. The summed E-state index contributed by atoms with van der Waals surface area (Å²) in [6, 6.07) is 16.7. The zero-order chi connectivity index (χ0) is 20.6. The lowest BCUT2D eigenvalue weighted by atomic mass is 10.1. The molecule has 1 atom stereocenters. The van der Waals surface area contributed by atoms with Gasteiger partial charge < -0.3 is 10.6 Å². The summed E-state index contributed by atoms with van der Waals surface area (Å²) in [5.74, 6) is 1.21. The van der Waals surface area contributed by atoms with Crippen LogP contribution >= 0.6 is 11.8 Å². The van der Waals surface area contributed by atoms with Crippen molar-refractivity contribution in [1.29, 1.82) is 0 Å². The Labute approximate surface area is 173 Å². The van der Waals surface area contributed by atoms with Crippen molar-refractivity contribution in [2.24, 2.45) is 0 Å². The van der Waals surface area contributed by atoms with Gasteiger partial charge in [0.15, 0.2) is 5.82 Å². The molecular formula is C21H23N5O2S. The number of nitrogens with zero attached hydrogens (tertiary/aromatic N) is 2. The number of anilines is 1. The molecule has 0 radical (unpaired) electrons. The lowest BCUT2D eigenvalue weighted by Gasteiger charge is -2.16. The average molecular weight is 410 g/mol. The Morgan fingerprint density at radius 2 is 1.79 bits per heavy atom. The third-order valence-electron chi connectivity index (χ3n) is 4.08. The number of carbonyl (C=O) groups is 2. The van der Waals surface area contributed by atoms with E-state index in [1.807, 2.05) is 68.4 Å². The van der Waals surface area contributed by atoms with E-state index in [4.69, 9.17) is 0 Å². The van der Waals surface area contributed by atoms with Crippen LogP contribution in [0.5, 0.6) is 0 Å². The van der Waals surface area contributed by atoms with Gasteiger partial charge >= 0.3 is 0 Å². The fourth-order valence-corrected chi connectivity index (χ4v) is 3.42. The van der Waals surface area contributed by atoms with Gasteiger partial charge in [-0.1, -0.05) is 42.5 Å². The number of rotatable bonds is 8. The minimum atomic E-state index is -0.449. The molecule has 1 aromatic heterocycles. The molecule has 8 heteroatoms. The highest BCUT2D eigenvalue weighted by Gasteiger charge is 2.20. The molecule has 0 fully saturated rings. The van der Waals surface area contributed by atoms with Gasteiger partial charge in [0, 0.05) is 5.69 Å². The Hall–Kier alpha value is -3.13. The van der Waals surface area contributed by atoms with E-state index in [1.54, 1.807) is 0 Å². The Bertz CT molecular complexity index is 974. The molecule has 3 aromatic rings. The van der Waals surface area contributed by atoms with E-state index >= 15 is 0 Å². The maximum Gasteiger partial charge on any atom is 0.234 e. The van der Waals surface area contributed by atoms with Crippen LogP contribution in [0.15, 0.2) is 54.6 Å². The number of hydrogen-bond acceptors (Lipinski definition) is 5. The number of benzene rings is 2. The number of hydrogen-bond donors (Lipinski definition) is 3. The van der Waals surface area contributed by atoms with Crippen LogP contribution in [0.3, 0.4) is 0 Å². The van der Waals surface area contributed by atoms with E-state index in [2.05, 4.69) is 25.8 Å². The number of aromatic amines is 1. The minimum Gasteiger partial charge on any atom is -0.341 e. The highest BCUT2D eigenvalue weighted by atomic mass is 32.2. The zero-order valence-electron chi connectivity index (χ0n) is 16.3. The first-order chi connectivity index (χ1) is 14.0. The summed E-state index contributed by atoms with van der Waals surface area (Å²) in [6.07, 6.45) is 0. The summed E-state index contributed by atoms with van der Waals surface area (Å²) in [5.41, 5.74) is 2.72. The lowest BCUT2D eigenvalue weighted by Crippen LogP contribution is -2.32. The van der Waals surface area contributed by atoms with Crippen LogP contribution in [0.1, 0.15) is 28.8 Å². The normalized spacial score (nSPS) is 11.7.